The number of rotatable bonds is 5. The van der Waals surface area contributed by atoms with E-state index in [9.17, 15) is 4.79 Å². The minimum atomic E-state index is 0.213. The van der Waals surface area contributed by atoms with Crippen LogP contribution in [0.1, 0.15) is 18.5 Å². The first-order chi connectivity index (χ1) is 13.3. The van der Waals surface area contributed by atoms with E-state index in [-0.39, 0.29) is 5.91 Å². The third-order valence-corrected chi connectivity index (χ3v) is 6.43. The van der Waals surface area contributed by atoms with Crippen LogP contribution in [-0.4, -0.2) is 66.6 Å². The molecule has 0 spiro atoms. The minimum Gasteiger partial charge on any atom is -0.379 e. The van der Waals surface area contributed by atoms with Crippen LogP contribution in [0, 0.1) is 5.92 Å². The Morgan fingerprint density at radius 2 is 1.85 bits per heavy atom. The molecule has 4 rings (SSSR count). The summed E-state index contributed by atoms with van der Waals surface area (Å²) in [7, 11) is 0. The van der Waals surface area contributed by atoms with Crippen LogP contribution >= 0.6 is 11.3 Å². The molecular weight excluding hydrogens is 358 g/mol. The number of nitrogens with zero attached hydrogens (tertiary/aromatic N) is 3. The molecule has 0 radical (unpaired) electrons. The first-order valence-corrected chi connectivity index (χ1v) is 10.7. The highest BCUT2D eigenvalue weighted by molar-refractivity contribution is 7.13. The molecule has 0 bridgehead atoms. The number of likely N-dealkylation sites (tertiary alicyclic amines) is 1. The minimum absolute atomic E-state index is 0.213. The highest BCUT2D eigenvalue weighted by Crippen LogP contribution is 2.24. The molecule has 2 aromatic rings. The van der Waals surface area contributed by atoms with Gasteiger partial charge in [0.15, 0.2) is 0 Å². The topological polar surface area (TPSA) is 45.7 Å². The normalized spacial score (nSPS) is 19.3. The third-order valence-electron chi connectivity index (χ3n) is 5.49. The van der Waals surface area contributed by atoms with Gasteiger partial charge in [0.05, 0.1) is 25.3 Å². The zero-order valence-corrected chi connectivity index (χ0v) is 16.5. The molecule has 2 saturated heterocycles. The largest absolute Gasteiger partial charge is 0.379 e. The van der Waals surface area contributed by atoms with Crippen LogP contribution in [0.2, 0.25) is 0 Å². The maximum atomic E-state index is 12.7. The highest BCUT2D eigenvalue weighted by atomic mass is 32.1. The monoisotopic (exact) mass is 385 g/mol. The number of ether oxygens (including phenoxy) is 1. The van der Waals surface area contributed by atoms with Gasteiger partial charge in [-0.25, -0.2) is 4.98 Å². The Labute approximate surface area is 165 Å². The molecule has 1 amide bonds. The number of aromatic nitrogens is 1. The van der Waals surface area contributed by atoms with Crippen molar-refractivity contribution < 1.29 is 9.53 Å². The summed E-state index contributed by atoms with van der Waals surface area (Å²) in [5.74, 6) is 0.917. The van der Waals surface area contributed by atoms with Crippen LogP contribution in [0.3, 0.4) is 0 Å². The van der Waals surface area contributed by atoms with Crippen molar-refractivity contribution in [3.63, 3.8) is 0 Å². The van der Waals surface area contributed by atoms with Crippen molar-refractivity contribution in [1.82, 2.24) is 14.8 Å². The fraction of sp³-hybridized carbons (Fsp3) is 0.524. The van der Waals surface area contributed by atoms with Gasteiger partial charge >= 0.3 is 0 Å². The van der Waals surface area contributed by atoms with E-state index in [0.29, 0.717) is 12.3 Å². The van der Waals surface area contributed by atoms with Crippen LogP contribution < -0.4 is 0 Å². The van der Waals surface area contributed by atoms with Gasteiger partial charge in [-0.05, 0) is 18.8 Å². The Kier molecular flexibility index (Phi) is 6.17. The SMILES string of the molecule is O=C(Cc1csc(-c2ccccc2)n1)N1CCC(CN2CCOCC2)CC1. The van der Waals surface area contributed by atoms with Crippen LogP contribution in [0.4, 0.5) is 0 Å². The van der Waals surface area contributed by atoms with Crippen molar-refractivity contribution in [2.45, 2.75) is 19.3 Å². The average molecular weight is 386 g/mol. The fourth-order valence-electron chi connectivity index (χ4n) is 3.88. The van der Waals surface area contributed by atoms with E-state index in [4.69, 9.17) is 4.74 Å². The lowest BCUT2D eigenvalue weighted by molar-refractivity contribution is -0.132. The van der Waals surface area contributed by atoms with Crippen LogP contribution in [0.5, 0.6) is 0 Å². The Morgan fingerprint density at radius 1 is 1.11 bits per heavy atom. The van der Waals surface area contributed by atoms with Crippen molar-refractivity contribution in [2.24, 2.45) is 5.92 Å². The second-order valence-corrected chi connectivity index (χ2v) is 8.28. The number of hydrogen-bond acceptors (Lipinski definition) is 5. The highest BCUT2D eigenvalue weighted by Gasteiger charge is 2.25. The average Bonchev–Trinajstić information content (AvgIpc) is 3.18. The van der Waals surface area contributed by atoms with Gasteiger partial charge in [0.1, 0.15) is 5.01 Å². The Hall–Kier alpha value is -1.76. The summed E-state index contributed by atoms with van der Waals surface area (Å²) >= 11 is 1.61. The summed E-state index contributed by atoms with van der Waals surface area (Å²) in [6.45, 7) is 6.72. The number of amides is 1. The quantitative estimate of drug-likeness (QED) is 0.794. The molecule has 0 N–H and O–H groups in total. The predicted octanol–water partition coefficient (Wildman–Crippen LogP) is 2.92. The first-order valence-electron chi connectivity index (χ1n) is 9.85. The molecule has 3 heterocycles. The molecule has 27 heavy (non-hydrogen) atoms. The second kappa shape index (κ2) is 8.95. The summed E-state index contributed by atoms with van der Waals surface area (Å²) in [4.78, 5) is 21.9. The summed E-state index contributed by atoms with van der Waals surface area (Å²) in [5, 5.41) is 3.01. The van der Waals surface area contributed by atoms with E-state index in [1.165, 1.54) is 0 Å². The number of benzene rings is 1. The van der Waals surface area contributed by atoms with Crippen molar-refractivity contribution in [3.05, 3.63) is 41.4 Å². The second-order valence-electron chi connectivity index (χ2n) is 7.42. The fourth-order valence-corrected chi connectivity index (χ4v) is 4.71. The first kappa shape index (κ1) is 18.6. The molecule has 0 unspecified atom stereocenters. The van der Waals surface area contributed by atoms with Gasteiger partial charge in [-0.1, -0.05) is 30.3 Å². The molecule has 5 nitrogen and oxygen atoms in total. The van der Waals surface area contributed by atoms with E-state index in [2.05, 4.69) is 22.0 Å². The molecule has 0 saturated carbocycles. The van der Waals surface area contributed by atoms with Crippen LogP contribution in [0.25, 0.3) is 10.6 Å². The zero-order valence-electron chi connectivity index (χ0n) is 15.7. The maximum absolute atomic E-state index is 12.7. The molecule has 6 heteroatoms. The number of morpholine rings is 1. The molecule has 0 atom stereocenters. The van der Waals surface area contributed by atoms with Crippen LogP contribution in [-0.2, 0) is 16.0 Å². The molecular formula is C21H27N3O2S. The van der Waals surface area contributed by atoms with Gasteiger partial charge in [-0.3, -0.25) is 9.69 Å². The molecule has 2 fully saturated rings. The van der Waals surface area contributed by atoms with Gasteiger partial charge < -0.3 is 9.64 Å². The summed E-state index contributed by atoms with van der Waals surface area (Å²) < 4.78 is 5.42. The number of thiazole rings is 1. The van der Waals surface area contributed by atoms with Gasteiger partial charge in [0, 0.05) is 43.7 Å². The van der Waals surface area contributed by atoms with Crippen molar-refractivity contribution in [2.75, 3.05) is 45.9 Å². The molecule has 1 aromatic carbocycles. The van der Waals surface area contributed by atoms with Gasteiger partial charge in [-0.15, -0.1) is 11.3 Å². The molecule has 2 aliphatic rings. The Morgan fingerprint density at radius 3 is 2.59 bits per heavy atom. The number of piperidine rings is 1. The molecule has 0 aliphatic carbocycles. The summed E-state index contributed by atoms with van der Waals surface area (Å²) in [5.41, 5.74) is 2.00. The summed E-state index contributed by atoms with van der Waals surface area (Å²) in [6.07, 6.45) is 2.63. The smallest absolute Gasteiger partial charge is 0.228 e. The molecule has 144 valence electrons. The lowest BCUT2D eigenvalue weighted by atomic mass is 9.95. The number of hydrogen-bond donors (Lipinski definition) is 0. The van der Waals surface area contributed by atoms with E-state index >= 15 is 0 Å². The van der Waals surface area contributed by atoms with Crippen LogP contribution in [0.15, 0.2) is 35.7 Å². The third kappa shape index (κ3) is 4.94. The van der Waals surface area contributed by atoms with Gasteiger partial charge in [-0.2, -0.15) is 0 Å². The van der Waals surface area contributed by atoms with E-state index in [0.717, 1.165) is 75.0 Å². The molecule has 1 aromatic heterocycles. The van der Waals surface area contributed by atoms with Crippen molar-refractivity contribution >= 4 is 17.2 Å². The lowest BCUT2D eigenvalue weighted by Crippen LogP contribution is -2.44. The molecule has 2 aliphatic heterocycles. The lowest BCUT2D eigenvalue weighted by Gasteiger charge is -2.36. The van der Waals surface area contributed by atoms with E-state index in [1.807, 2.05) is 28.5 Å². The van der Waals surface area contributed by atoms with E-state index in [1.54, 1.807) is 11.3 Å². The number of carbonyl (C=O) groups excluding carboxylic acids is 1. The zero-order chi connectivity index (χ0) is 18.5. The van der Waals surface area contributed by atoms with E-state index < -0.39 is 0 Å². The Balaban J connectivity index is 1.25. The standard InChI is InChI=1S/C21H27N3O2S/c25-20(14-19-16-27-21(22-19)18-4-2-1-3-5-18)24-8-6-17(7-9-24)15-23-10-12-26-13-11-23/h1-5,16-17H,6-15H2. The van der Waals surface area contributed by atoms with Gasteiger partial charge in [0.2, 0.25) is 5.91 Å². The van der Waals surface area contributed by atoms with Crippen molar-refractivity contribution in [1.29, 1.82) is 0 Å². The maximum Gasteiger partial charge on any atom is 0.228 e. The predicted molar refractivity (Wildman–Crippen MR) is 108 cm³/mol. The number of carbonyl (C=O) groups is 1. The van der Waals surface area contributed by atoms with Gasteiger partial charge in [0.25, 0.3) is 0 Å². The Bertz CT molecular complexity index is 735. The van der Waals surface area contributed by atoms with Crippen molar-refractivity contribution in [3.8, 4) is 10.6 Å². The summed E-state index contributed by atoms with van der Waals surface area (Å²) in [6, 6.07) is 10.2.